The average molecular weight is 557 g/mol. The van der Waals surface area contributed by atoms with Crippen LogP contribution in [0.5, 0.6) is 5.75 Å². The Bertz CT molecular complexity index is 1510. The third-order valence-electron chi connectivity index (χ3n) is 5.97. The smallest absolute Gasteiger partial charge is 0.344 e. The van der Waals surface area contributed by atoms with Crippen molar-refractivity contribution in [1.29, 1.82) is 5.41 Å². The van der Waals surface area contributed by atoms with Crippen molar-refractivity contribution in [3.63, 3.8) is 0 Å². The van der Waals surface area contributed by atoms with Crippen LogP contribution in [0.1, 0.15) is 28.4 Å². The summed E-state index contributed by atoms with van der Waals surface area (Å²) in [5.74, 6) is -0.337. The Kier molecular flexibility index (Phi) is 9.38. The lowest BCUT2D eigenvalue weighted by molar-refractivity contribution is -0.145. The summed E-state index contributed by atoms with van der Waals surface area (Å²) in [4.78, 5) is 25.3. The number of carbonyl (C=O) groups excluding carboxylic acids is 2. The minimum atomic E-state index is -0.461. The van der Waals surface area contributed by atoms with Crippen molar-refractivity contribution in [3.8, 4) is 16.9 Å². The second kappa shape index (κ2) is 13.3. The quantitative estimate of drug-likeness (QED) is 0.100. The molecular weight excluding hydrogens is 528 g/mol. The van der Waals surface area contributed by atoms with Gasteiger partial charge in [0.15, 0.2) is 6.61 Å². The first-order valence-electron chi connectivity index (χ1n) is 12.6. The number of halogens is 1. The van der Waals surface area contributed by atoms with Crippen LogP contribution in [0.15, 0.2) is 91.0 Å². The number of para-hydroxylation sites is 1. The predicted molar refractivity (Wildman–Crippen MR) is 158 cm³/mol. The number of carbonyl (C=O) groups is 2. The van der Waals surface area contributed by atoms with Gasteiger partial charge in [0.1, 0.15) is 11.6 Å². The highest BCUT2D eigenvalue weighted by Crippen LogP contribution is 2.34. The lowest BCUT2D eigenvalue weighted by atomic mass is 10.0. The van der Waals surface area contributed by atoms with Gasteiger partial charge in [0.05, 0.1) is 12.2 Å². The molecule has 0 spiro atoms. The summed E-state index contributed by atoms with van der Waals surface area (Å²) in [5.41, 5.74) is 10.1. The van der Waals surface area contributed by atoms with E-state index < -0.39 is 5.97 Å². The molecule has 0 aliphatic rings. The van der Waals surface area contributed by atoms with E-state index >= 15 is 0 Å². The zero-order chi connectivity index (χ0) is 28.5. The van der Waals surface area contributed by atoms with E-state index in [2.05, 4.69) is 10.6 Å². The topological polar surface area (TPSA) is 127 Å². The fraction of sp³-hybridized carbons (Fsp3) is 0.129. The van der Waals surface area contributed by atoms with Gasteiger partial charge in [-0.3, -0.25) is 10.2 Å². The van der Waals surface area contributed by atoms with Gasteiger partial charge in [0.25, 0.3) is 5.91 Å². The van der Waals surface area contributed by atoms with E-state index in [0.29, 0.717) is 39.8 Å². The Morgan fingerprint density at radius 1 is 0.950 bits per heavy atom. The summed E-state index contributed by atoms with van der Waals surface area (Å²) in [6.45, 7) is 2.07. The zero-order valence-corrected chi connectivity index (χ0v) is 22.6. The molecule has 4 rings (SSSR count). The molecule has 0 fully saturated rings. The van der Waals surface area contributed by atoms with Gasteiger partial charge in [-0.05, 0) is 55.0 Å². The normalized spacial score (nSPS) is 10.4. The largest absolute Gasteiger partial charge is 0.481 e. The van der Waals surface area contributed by atoms with Gasteiger partial charge < -0.3 is 25.8 Å². The van der Waals surface area contributed by atoms with E-state index in [4.69, 9.17) is 32.2 Å². The number of nitrogens with two attached hydrogens (primary N) is 1. The molecule has 4 aromatic carbocycles. The summed E-state index contributed by atoms with van der Waals surface area (Å²) < 4.78 is 11.0. The van der Waals surface area contributed by atoms with Crippen LogP contribution >= 0.6 is 11.6 Å². The molecular formula is C31H29ClN4O4. The van der Waals surface area contributed by atoms with Crippen molar-refractivity contribution >= 4 is 40.7 Å². The van der Waals surface area contributed by atoms with Crippen molar-refractivity contribution in [2.24, 2.45) is 5.73 Å². The Morgan fingerprint density at radius 2 is 1.70 bits per heavy atom. The van der Waals surface area contributed by atoms with E-state index in [1.54, 1.807) is 49.4 Å². The molecule has 0 saturated heterocycles. The molecule has 9 heteroatoms. The van der Waals surface area contributed by atoms with Crippen molar-refractivity contribution in [2.45, 2.75) is 13.5 Å². The minimum Gasteiger partial charge on any atom is -0.481 e. The number of hydrogen-bond acceptors (Lipinski definition) is 6. The molecule has 0 heterocycles. The van der Waals surface area contributed by atoms with Crippen molar-refractivity contribution in [2.75, 3.05) is 23.8 Å². The van der Waals surface area contributed by atoms with Gasteiger partial charge in [-0.1, -0.05) is 60.1 Å². The van der Waals surface area contributed by atoms with Gasteiger partial charge >= 0.3 is 5.97 Å². The molecule has 0 unspecified atom stereocenters. The lowest BCUT2D eigenvalue weighted by Gasteiger charge is -2.18. The van der Waals surface area contributed by atoms with E-state index in [1.807, 2.05) is 48.5 Å². The number of nitrogens with one attached hydrogen (secondary N) is 3. The number of rotatable bonds is 11. The highest BCUT2D eigenvalue weighted by atomic mass is 35.5. The number of ether oxygens (including phenoxy) is 2. The fourth-order valence-corrected chi connectivity index (χ4v) is 4.23. The highest BCUT2D eigenvalue weighted by Gasteiger charge is 2.17. The van der Waals surface area contributed by atoms with Crippen LogP contribution in [0.2, 0.25) is 5.02 Å². The third-order valence-corrected chi connectivity index (χ3v) is 6.21. The van der Waals surface area contributed by atoms with Gasteiger partial charge in [0.2, 0.25) is 0 Å². The van der Waals surface area contributed by atoms with E-state index in [0.717, 1.165) is 16.7 Å². The van der Waals surface area contributed by atoms with E-state index in [1.165, 1.54) is 0 Å². The second-order valence-electron chi connectivity index (χ2n) is 8.74. The molecule has 0 radical (unpaired) electrons. The van der Waals surface area contributed by atoms with E-state index in [9.17, 15) is 9.59 Å². The Balaban J connectivity index is 1.59. The first kappa shape index (κ1) is 28.2. The van der Waals surface area contributed by atoms with Crippen LogP contribution in [0.4, 0.5) is 11.4 Å². The van der Waals surface area contributed by atoms with Crippen LogP contribution in [0.3, 0.4) is 0 Å². The molecule has 0 aliphatic carbocycles. The monoisotopic (exact) mass is 556 g/mol. The standard InChI is InChI=1S/C31H29ClN4O4/c1-2-39-28(37)19-40-29-22(9-6-10-25(29)20-7-4-3-5-8-20)18-35-27-16-13-23(32)17-26(27)31(38)36-24-14-11-21(12-15-24)30(33)34/h3-17,35H,2,18-19H2,1H3,(H3,33,34)(H,36,38). The van der Waals surface area contributed by atoms with Crippen LogP contribution in [0, 0.1) is 5.41 Å². The molecule has 0 aromatic heterocycles. The number of benzene rings is 4. The SMILES string of the molecule is CCOC(=O)COc1c(CNc2ccc(Cl)cc2C(=O)Nc2ccc(C(=N)N)cc2)cccc1-c1ccccc1. The number of nitrogen functional groups attached to an aromatic ring is 1. The summed E-state index contributed by atoms with van der Waals surface area (Å²) >= 11 is 6.24. The second-order valence-corrected chi connectivity index (χ2v) is 9.18. The predicted octanol–water partition coefficient (Wildman–Crippen LogP) is 6.10. The molecule has 4 aromatic rings. The molecule has 5 N–H and O–H groups in total. The van der Waals surface area contributed by atoms with Crippen LogP contribution in [-0.2, 0) is 16.1 Å². The van der Waals surface area contributed by atoms with Crippen LogP contribution in [-0.4, -0.2) is 30.9 Å². The molecule has 1 amide bonds. The lowest BCUT2D eigenvalue weighted by Crippen LogP contribution is -2.17. The Morgan fingerprint density at radius 3 is 2.40 bits per heavy atom. The number of anilines is 2. The highest BCUT2D eigenvalue weighted by molar-refractivity contribution is 6.31. The van der Waals surface area contributed by atoms with Crippen molar-refractivity contribution < 1.29 is 19.1 Å². The number of hydrogen-bond donors (Lipinski definition) is 4. The van der Waals surface area contributed by atoms with Gasteiger partial charge in [-0.15, -0.1) is 0 Å². The molecule has 8 nitrogen and oxygen atoms in total. The zero-order valence-electron chi connectivity index (χ0n) is 21.9. The Labute approximate surface area is 237 Å². The maximum absolute atomic E-state index is 13.2. The number of amidine groups is 1. The maximum atomic E-state index is 13.2. The first-order chi connectivity index (χ1) is 19.4. The summed E-state index contributed by atoms with van der Waals surface area (Å²) in [6, 6.07) is 27.1. The average Bonchev–Trinajstić information content (AvgIpc) is 2.96. The van der Waals surface area contributed by atoms with Crippen LogP contribution in [0.25, 0.3) is 11.1 Å². The first-order valence-corrected chi connectivity index (χ1v) is 13.0. The van der Waals surface area contributed by atoms with E-state index in [-0.39, 0.29) is 25.0 Å². The fourth-order valence-electron chi connectivity index (χ4n) is 4.05. The number of esters is 1. The molecule has 0 aliphatic heterocycles. The number of amides is 1. The van der Waals surface area contributed by atoms with Gasteiger partial charge in [-0.25, -0.2) is 4.79 Å². The molecule has 0 bridgehead atoms. The molecule has 0 atom stereocenters. The Hall–Kier alpha value is -4.82. The van der Waals surface area contributed by atoms with Gasteiger partial charge in [0, 0.05) is 39.6 Å². The minimum absolute atomic E-state index is 0.0545. The molecule has 0 saturated carbocycles. The summed E-state index contributed by atoms with van der Waals surface area (Å²) in [7, 11) is 0. The van der Waals surface area contributed by atoms with Crippen LogP contribution < -0.4 is 21.1 Å². The molecule has 204 valence electrons. The van der Waals surface area contributed by atoms with Crippen molar-refractivity contribution in [3.05, 3.63) is 113 Å². The third kappa shape index (κ3) is 7.18. The molecule has 40 heavy (non-hydrogen) atoms. The summed E-state index contributed by atoms with van der Waals surface area (Å²) in [6.07, 6.45) is 0. The summed E-state index contributed by atoms with van der Waals surface area (Å²) in [5, 5.41) is 14.1. The van der Waals surface area contributed by atoms with Crippen molar-refractivity contribution in [1.82, 2.24) is 0 Å². The maximum Gasteiger partial charge on any atom is 0.344 e. The van der Waals surface area contributed by atoms with Gasteiger partial charge in [-0.2, -0.15) is 0 Å².